The molecule has 31 heavy (non-hydrogen) atoms. The molecule has 2 aromatic rings. The molecule has 166 valence electrons. The second-order valence-corrected chi connectivity index (χ2v) is 7.68. The maximum absolute atomic E-state index is 12.2. The average molecular weight is 424 g/mol. The highest BCUT2D eigenvalue weighted by Crippen LogP contribution is 2.19. The van der Waals surface area contributed by atoms with Crippen molar-refractivity contribution in [2.45, 2.75) is 32.0 Å². The van der Waals surface area contributed by atoms with E-state index in [1.165, 1.54) is 18.4 Å². The lowest BCUT2D eigenvalue weighted by Gasteiger charge is -2.25. The summed E-state index contributed by atoms with van der Waals surface area (Å²) < 4.78 is 5.15. The number of hydrogen-bond donors (Lipinski definition) is 3. The van der Waals surface area contributed by atoms with Crippen molar-refractivity contribution in [2.75, 3.05) is 33.8 Å². The molecule has 1 atom stereocenters. The fraction of sp³-hybridized carbons (Fsp3) is 0.417. The van der Waals surface area contributed by atoms with Crippen LogP contribution in [0.5, 0.6) is 5.75 Å². The van der Waals surface area contributed by atoms with Gasteiger partial charge in [0.15, 0.2) is 5.96 Å². The molecule has 2 aromatic carbocycles. The molecular weight excluding hydrogens is 390 g/mol. The molecule has 1 aliphatic heterocycles. The first kappa shape index (κ1) is 22.6. The number of aliphatic imine (C=N–C) groups is 1. The van der Waals surface area contributed by atoms with Gasteiger partial charge in [-0.05, 0) is 42.6 Å². The van der Waals surface area contributed by atoms with E-state index < -0.39 is 0 Å². The Balaban J connectivity index is 1.38. The van der Waals surface area contributed by atoms with Gasteiger partial charge in [0.05, 0.1) is 13.7 Å². The first-order chi connectivity index (χ1) is 15.2. The normalized spacial score (nSPS) is 16.7. The number of carbonyl (C=O) groups is 1. The lowest BCUT2D eigenvalue weighted by molar-refractivity contribution is -0.120. The Hall–Kier alpha value is -3.06. The van der Waals surface area contributed by atoms with Gasteiger partial charge in [-0.2, -0.15) is 0 Å². The van der Waals surface area contributed by atoms with Gasteiger partial charge in [-0.3, -0.25) is 14.7 Å². The molecule has 1 aliphatic rings. The highest BCUT2D eigenvalue weighted by Gasteiger charge is 2.24. The van der Waals surface area contributed by atoms with E-state index in [4.69, 9.17) is 4.74 Å². The summed E-state index contributed by atoms with van der Waals surface area (Å²) in [6, 6.07) is 18.7. The lowest BCUT2D eigenvalue weighted by atomic mass is 10.2. The molecule has 0 aromatic heterocycles. The second-order valence-electron chi connectivity index (χ2n) is 7.68. The second kappa shape index (κ2) is 12.0. The highest BCUT2D eigenvalue weighted by molar-refractivity contribution is 5.86. The molecule has 1 heterocycles. The van der Waals surface area contributed by atoms with Crippen molar-refractivity contribution >= 4 is 11.9 Å². The molecule has 1 fully saturated rings. The van der Waals surface area contributed by atoms with Gasteiger partial charge in [0, 0.05) is 32.7 Å². The molecule has 1 amide bonds. The summed E-state index contributed by atoms with van der Waals surface area (Å²) in [7, 11) is 3.36. The van der Waals surface area contributed by atoms with Crippen LogP contribution in [0.3, 0.4) is 0 Å². The van der Waals surface area contributed by atoms with E-state index >= 15 is 0 Å². The van der Waals surface area contributed by atoms with Crippen LogP contribution in [0.1, 0.15) is 24.0 Å². The fourth-order valence-electron chi connectivity index (χ4n) is 3.76. The van der Waals surface area contributed by atoms with E-state index in [2.05, 4.69) is 56.2 Å². The molecule has 1 unspecified atom stereocenters. The van der Waals surface area contributed by atoms with Gasteiger partial charge < -0.3 is 20.7 Å². The molecule has 0 aliphatic carbocycles. The van der Waals surface area contributed by atoms with Crippen molar-refractivity contribution in [3.63, 3.8) is 0 Å². The van der Waals surface area contributed by atoms with Crippen molar-refractivity contribution in [1.82, 2.24) is 20.9 Å². The first-order valence-electron chi connectivity index (χ1n) is 10.8. The molecular formula is C24H33N5O2. The Kier molecular flexibility index (Phi) is 8.72. The van der Waals surface area contributed by atoms with Crippen LogP contribution in [-0.4, -0.2) is 56.6 Å². The molecule has 0 bridgehead atoms. The summed E-state index contributed by atoms with van der Waals surface area (Å²) in [6.07, 6.45) is 2.37. The monoisotopic (exact) mass is 423 g/mol. The van der Waals surface area contributed by atoms with Gasteiger partial charge >= 0.3 is 0 Å². The number of methoxy groups -OCH3 is 1. The van der Waals surface area contributed by atoms with E-state index in [0.717, 1.165) is 30.9 Å². The number of carbonyl (C=O) groups excluding carboxylic acids is 1. The zero-order valence-electron chi connectivity index (χ0n) is 18.4. The van der Waals surface area contributed by atoms with Crippen molar-refractivity contribution in [3.8, 4) is 5.75 Å². The van der Waals surface area contributed by atoms with Crippen molar-refractivity contribution in [3.05, 3.63) is 65.7 Å². The van der Waals surface area contributed by atoms with E-state index in [1.54, 1.807) is 14.2 Å². The Morgan fingerprint density at radius 1 is 1.06 bits per heavy atom. The van der Waals surface area contributed by atoms with Crippen LogP contribution in [0.4, 0.5) is 0 Å². The number of nitrogens with zero attached hydrogens (tertiary/aromatic N) is 2. The molecule has 1 saturated heterocycles. The minimum absolute atomic E-state index is 0.0784. The highest BCUT2D eigenvalue weighted by atomic mass is 16.5. The molecule has 7 nitrogen and oxygen atoms in total. The van der Waals surface area contributed by atoms with Gasteiger partial charge in [0.1, 0.15) is 5.75 Å². The van der Waals surface area contributed by atoms with E-state index in [9.17, 15) is 4.79 Å². The van der Waals surface area contributed by atoms with Crippen molar-refractivity contribution in [1.29, 1.82) is 0 Å². The van der Waals surface area contributed by atoms with Gasteiger partial charge in [0.25, 0.3) is 0 Å². The Bertz CT molecular complexity index is 839. The number of nitrogens with one attached hydrogen (secondary N) is 3. The summed E-state index contributed by atoms with van der Waals surface area (Å²) in [5, 5.41) is 9.39. The molecule has 3 rings (SSSR count). The van der Waals surface area contributed by atoms with Crippen LogP contribution in [0.25, 0.3) is 0 Å². The van der Waals surface area contributed by atoms with Crippen LogP contribution in [0.2, 0.25) is 0 Å². The van der Waals surface area contributed by atoms with Crippen LogP contribution in [0, 0.1) is 0 Å². The van der Waals surface area contributed by atoms with Gasteiger partial charge in [-0.15, -0.1) is 0 Å². The maximum Gasteiger partial charge on any atom is 0.239 e. The molecule has 7 heteroatoms. The quantitative estimate of drug-likeness (QED) is 0.426. The summed E-state index contributed by atoms with van der Waals surface area (Å²) in [6.45, 7) is 3.54. The molecule has 0 saturated carbocycles. The number of hydrogen-bond acceptors (Lipinski definition) is 4. The molecule has 0 radical (unpaired) electrons. The Labute approximate surface area is 184 Å². The third-order valence-corrected chi connectivity index (χ3v) is 5.52. The topological polar surface area (TPSA) is 78.0 Å². The zero-order valence-corrected chi connectivity index (χ0v) is 18.4. The average Bonchev–Trinajstić information content (AvgIpc) is 3.25. The lowest BCUT2D eigenvalue weighted by Crippen LogP contribution is -2.47. The fourth-order valence-corrected chi connectivity index (χ4v) is 3.76. The number of ether oxygens (including phenoxy) is 1. The van der Waals surface area contributed by atoms with E-state index in [1.807, 2.05) is 24.3 Å². The predicted octanol–water partition coefficient (Wildman–Crippen LogP) is 2.14. The Morgan fingerprint density at radius 2 is 1.84 bits per heavy atom. The van der Waals surface area contributed by atoms with Gasteiger partial charge in [0.2, 0.25) is 5.91 Å². The van der Waals surface area contributed by atoms with Crippen LogP contribution < -0.4 is 20.7 Å². The van der Waals surface area contributed by atoms with Gasteiger partial charge in [-0.1, -0.05) is 42.5 Å². The summed E-state index contributed by atoms with van der Waals surface area (Å²) >= 11 is 0. The Morgan fingerprint density at radius 3 is 2.55 bits per heavy atom. The van der Waals surface area contributed by atoms with E-state index in [0.29, 0.717) is 18.5 Å². The maximum atomic E-state index is 12.2. The predicted molar refractivity (Wildman–Crippen MR) is 124 cm³/mol. The SMILES string of the molecule is CN=C(NCC(=O)NCc1ccc(OC)cc1)NCC1CCCN1Cc1ccccc1. The first-order valence-corrected chi connectivity index (χ1v) is 10.8. The number of guanidine groups is 1. The smallest absolute Gasteiger partial charge is 0.239 e. The standard InChI is InChI=1S/C24H33N5O2/c1-25-24(28-17-23(30)26-15-19-10-12-22(31-2)13-11-19)27-16-21-9-6-14-29(21)18-20-7-4-3-5-8-20/h3-5,7-8,10-13,21H,6,9,14-18H2,1-2H3,(H,26,30)(H2,25,27,28). The van der Waals surface area contributed by atoms with Crippen LogP contribution in [0.15, 0.2) is 59.6 Å². The van der Waals surface area contributed by atoms with Crippen molar-refractivity contribution < 1.29 is 9.53 Å². The van der Waals surface area contributed by atoms with Crippen molar-refractivity contribution in [2.24, 2.45) is 4.99 Å². The van der Waals surface area contributed by atoms with Crippen LogP contribution in [-0.2, 0) is 17.9 Å². The summed E-state index contributed by atoms with van der Waals surface area (Å²) in [4.78, 5) is 18.9. The molecule has 3 N–H and O–H groups in total. The van der Waals surface area contributed by atoms with E-state index in [-0.39, 0.29) is 12.5 Å². The van der Waals surface area contributed by atoms with Crippen LogP contribution >= 0.6 is 0 Å². The number of likely N-dealkylation sites (tertiary alicyclic amines) is 1. The summed E-state index contributed by atoms with van der Waals surface area (Å²) in [5.74, 6) is 1.37. The minimum atomic E-state index is -0.0784. The third-order valence-electron chi connectivity index (χ3n) is 5.52. The third kappa shape index (κ3) is 7.29. The number of benzene rings is 2. The molecule has 0 spiro atoms. The zero-order chi connectivity index (χ0) is 21.9. The summed E-state index contributed by atoms with van der Waals surface area (Å²) in [5.41, 5.74) is 2.36. The largest absolute Gasteiger partial charge is 0.497 e. The van der Waals surface area contributed by atoms with Gasteiger partial charge in [-0.25, -0.2) is 0 Å². The minimum Gasteiger partial charge on any atom is -0.497 e. The number of amides is 1. The number of rotatable bonds is 9.